The van der Waals surface area contributed by atoms with Gasteiger partial charge in [-0.2, -0.15) is 4.99 Å². The number of aliphatic imine (C=N–C) groups is 1. The quantitative estimate of drug-likeness (QED) is 0.477. The van der Waals surface area contributed by atoms with E-state index >= 15 is 0 Å². The van der Waals surface area contributed by atoms with Crippen molar-refractivity contribution in [2.75, 3.05) is 4.72 Å². The average Bonchev–Trinajstić information content (AvgIpc) is 2.57. The van der Waals surface area contributed by atoms with Crippen LogP contribution in [0, 0.1) is 0 Å². The zero-order chi connectivity index (χ0) is 18.0. The van der Waals surface area contributed by atoms with Gasteiger partial charge < -0.3 is 11.5 Å². The molecule has 0 unspecified atom stereocenters. The zero-order valence-electron chi connectivity index (χ0n) is 12.8. The molecule has 0 aliphatic rings. The summed E-state index contributed by atoms with van der Waals surface area (Å²) in [7, 11) is -3.79. The molecule has 2 aromatic carbocycles. The van der Waals surface area contributed by atoms with E-state index in [9.17, 15) is 8.42 Å². The lowest BCUT2D eigenvalue weighted by Gasteiger charge is -2.10. The summed E-state index contributed by atoms with van der Waals surface area (Å²) in [6, 6.07) is 13.1. The molecule has 0 bridgehead atoms. The molecule has 25 heavy (non-hydrogen) atoms. The van der Waals surface area contributed by atoms with E-state index in [4.69, 9.17) is 23.1 Å². The van der Waals surface area contributed by atoms with Crippen LogP contribution in [0.25, 0.3) is 10.8 Å². The molecule has 1 heterocycles. The van der Waals surface area contributed by atoms with Crippen LogP contribution in [-0.2, 0) is 10.0 Å². The number of fused-ring (bicyclic) bond motifs is 1. The summed E-state index contributed by atoms with van der Waals surface area (Å²) in [5, 5.41) is 1.39. The van der Waals surface area contributed by atoms with Crippen LogP contribution < -0.4 is 16.2 Å². The number of hydrogen-bond acceptors (Lipinski definition) is 4. The van der Waals surface area contributed by atoms with E-state index in [1.165, 1.54) is 18.3 Å². The lowest BCUT2D eigenvalue weighted by atomic mass is 10.1. The number of benzene rings is 2. The number of nitrogens with zero attached hydrogens (tertiary/aromatic N) is 2. The van der Waals surface area contributed by atoms with Crippen LogP contribution in [-0.4, -0.2) is 19.4 Å². The number of halogens is 1. The van der Waals surface area contributed by atoms with Gasteiger partial charge in [-0.1, -0.05) is 35.9 Å². The van der Waals surface area contributed by atoms with Crippen molar-refractivity contribution in [1.82, 2.24) is 4.98 Å². The van der Waals surface area contributed by atoms with Gasteiger partial charge in [0.2, 0.25) is 0 Å². The Morgan fingerprint density at radius 1 is 1.08 bits per heavy atom. The molecule has 3 aromatic rings. The monoisotopic (exact) mass is 375 g/mol. The van der Waals surface area contributed by atoms with Crippen molar-refractivity contribution >= 4 is 49.9 Å². The Bertz CT molecular complexity index is 1060. The predicted octanol–water partition coefficient (Wildman–Crippen LogP) is 2.59. The highest BCUT2D eigenvalue weighted by molar-refractivity contribution is 7.92. The molecule has 0 saturated carbocycles. The number of nitrogens with one attached hydrogen (secondary N) is 1. The Morgan fingerprint density at radius 2 is 1.80 bits per heavy atom. The van der Waals surface area contributed by atoms with Crippen LogP contribution >= 0.6 is 11.6 Å². The molecule has 3 rings (SSSR count). The second-order valence-corrected chi connectivity index (χ2v) is 7.23. The van der Waals surface area contributed by atoms with Gasteiger partial charge in [-0.3, -0.25) is 4.72 Å². The summed E-state index contributed by atoms with van der Waals surface area (Å²) >= 11 is 6.12. The smallest absolute Gasteiger partial charge is 0.261 e. The normalized spacial score (nSPS) is 11.2. The van der Waals surface area contributed by atoms with E-state index in [0.29, 0.717) is 21.5 Å². The highest BCUT2D eigenvalue weighted by Gasteiger charge is 2.17. The second-order valence-electron chi connectivity index (χ2n) is 5.15. The lowest BCUT2D eigenvalue weighted by molar-refractivity contribution is 0.601. The van der Waals surface area contributed by atoms with E-state index < -0.39 is 10.0 Å². The maximum Gasteiger partial charge on any atom is 0.261 e. The molecular weight excluding hydrogens is 362 g/mol. The minimum atomic E-state index is -3.79. The van der Waals surface area contributed by atoms with E-state index in [-0.39, 0.29) is 16.7 Å². The van der Waals surface area contributed by atoms with E-state index in [1.54, 1.807) is 36.4 Å². The van der Waals surface area contributed by atoms with Crippen LogP contribution in [0.3, 0.4) is 0 Å². The van der Waals surface area contributed by atoms with Gasteiger partial charge in [-0.05, 0) is 24.3 Å². The van der Waals surface area contributed by atoms with Crippen LogP contribution in [0.4, 0.5) is 11.5 Å². The molecule has 0 aliphatic carbocycles. The fraction of sp³-hybridized carbons (Fsp3) is 0. The Morgan fingerprint density at radius 3 is 2.48 bits per heavy atom. The van der Waals surface area contributed by atoms with Crippen molar-refractivity contribution in [3.8, 4) is 0 Å². The first-order valence-electron chi connectivity index (χ1n) is 7.12. The van der Waals surface area contributed by atoms with Crippen LogP contribution in [0.2, 0.25) is 5.02 Å². The van der Waals surface area contributed by atoms with Crippen molar-refractivity contribution in [2.45, 2.75) is 4.90 Å². The Kier molecular flexibility index (Phi) is 4.47. The number of guanidine groups is 1. The first kappa shape index (κ1) is 17.0. The molecular formula is C16H14ClN5O2S. The van der Waals surface area contributed by atoms with Crippen molar-refractivity contribution in [2.24, 2.45) is 16.5 Å². The van der Waals surface area contributed by atoms with Crippen molar-refractivity contribution in [1.29, 1.82) is 0 Å². The summed E-state index contributed by atoms with van der Waals surface area (Å²) in [6.45, 7) is 0. The number of rotatable bonds is 4. The average molecular weight is 376 g/mol. The SMILES string of the molecule is NC(N)=Nc1ncc(Cl)c2ccc(S(=O)(=O)Nc3ccccc3)cc12. The van der Waals surface area contributed by atoms with Gasteiger partial charge in [0, 0.05) is 22.7 Å². The van der Waals surface area contributed by atoms with Gasteiger partial charge in [0.1, 0.15) is 0 Å². The number of pyridine rings is 1. The highest BCUT2D eigenvalue weighted by atomic mass is 35.5. The zero-order valence-corrected chi connectivity index (χ0v) is 14.4. The standard InChI is InChI=1S/C16H14ClN5O2S/c17-14-9-20-15(21-16(18)19)13-8-11(6-7-12(13)14)25(23,24)22-10-4-2-1-3-5-10/h1-9,22H,(H4,18,19,20,21). The topological polar surface area (TPSA) is 123 Å². The third kappa shape index (κ3) is 3.65. The largest absolute Gasteiger partial charge is 0.370 e. The predicted molar refractivity (Wildman–Crippen MR) is 99.5 cm³/mol. The molecule has 0 fully saturated rings. The van der Waals surface area contributed by atoms with Gasteiger partial charge in [0.15, 0.2) is 11.8 Å². The Hall–Kier alpha value is -2.84. The van der Waals surface area contributed by atoms with Crippen molar-refractivity contribution in [3.05, 3.63) is 59.8 Å². The van der Waals surface area contributed by atoms with E-state index in [0.717, 1.165) is 0 Å². The summed E-state index contributed by atoms with van der Waals surface area (Å²) < 4.78 is 27.7. The van der Waals surface area contributed by atoms with Crippen molar-refractivity contribution < 1.29 is 8.42 Å². The van der Waals surface area contributed by atoms with Crippen molar-refractivity contribution in [3.63, 3.8) is 0 Å². The second kappa shape index (κ2) is 6.58. The summed E-state index contributed by atoms with van der Waals surface area (Å²) in [5.74, 6) is 0.00274. The van der Waals surface area contributed by atoms with Crippen LogP contribution in [0.15, 0.2) is 64.6 Å². The molecule has 0 amide bonds. The van der Waals surface area contributed by atoms with Gasteiger partial charge >= 0.3 is 0 Å². The molecule has 0 atom stereocenters. The third-order valence-corrected chi connectivity index (χ3v) is 5.04. The van der Waals surface area contributed by atoms with Crippen LogP contribution in [0.5, 0.6) is 0 Å². The number of para-hydroxylation sites is 1. The highest BCUT2D eigenvalue weighted by Crippen LogP contribution is 2.31. The molecule has 9 heteroatoms. The first-order valence-corrected chi connectivity index (χ1v) is 8.99. The Labute approximate surface area is 149 Å². The molecule has 5 N–H and O–H groups in total. The number of anilines is 1. The number of hydrogen-bond donors (Lipinski definition) is 3. The molecule has 0 spiro atoms. The Balaban J connectivity index is 2.13. The molecule has 128 valence electrons. The number of sulfonamides is 1. The maximum atomic E-state index is 12.6. The maximum absolute atomic E-state index is 12.6. The molecule has 7 nitrogen and oxygen atoms in total. The summed E-state index contributed by atoms with van der Waals surface area (Å²) in [5.41, 5.74) is 11.3. The molecule has 0 aliphatic heterocycles. The third-order valence-electron chi connectivity index (χ3n) is 3.36. The molecule has 1 aromatic heterocycles. The van der Waals surface area contributed by atoms with Crippen LogP contribution in [0.1, 0.15) is 0 Å². The summed E-state index contributed by atoms with van der Waals surface area (Å²) in [6.07, 6.45) is 1.40. The molecule has 0 radical (unpaired) electrons. The van der Waals surface area contributed by atoms with E-state index in [2.05, 4.69) is 14.7 Å². The fourth-order valence-corrected chi connectivity index (χ4v) is 3.57. The number of aromatic nitrogens is 1. The summed E-state index contributed by atoms with van der Waals surface area (Å²) in [4.78, 5) is 8.02. The van der Waals surface area contributed by atoms with E-state index in [1.807, 2.05) is 0 Å². The van der Waals surface area contributed by atoms with Gasteiger partial charge in [-0.15, -0.1) is 0 Å². The number of nitrogens with two attached hydrogens (primary N) is 2. The van der Waals surface area contributed by atoms with Gasteiger partial charge in [0.05, 0.1) is 9.92 Å². The lowest BCUT2D eigenvalue weighted by Crippen LogP contribution is -2.22. The fourth-order valence-electron chi connectivity index (χ4n) is 2.27. The first-order chi connectivity index (χ1) is 11.9. The molecule has 0 saturated heterocycles. The minimum absolute atomic E-state index is 0.0416. The van der Waals surface area contributed by atoms with Gasteiger partial charge in [-0.25, -0.2) is 13.4 Å². The minimum Gasteiger partial charge on any atom is -0.370 e. The van der Waals surface area contributed by atoms with Gasteiger partial charge in [0.25, 0.3) is 10.0 Å².